The number of hydrogen-bond donors (Lipinski definition) is 3. The second-order valence-electron chi connectivity index (χ2n) is 10.4. The maximum Gasteiger partial charge on any atom is 0.0814 e. The standard InChI is InChI=1S/C29H36ClN5/c1-20-29-26-11-10-22(21-12-15-34(16-13-21)25-8-3-2-4-9-25)18-27(26)28(14-17-35(29)33-32-20)31-24-7-5-6-23(30)19-24/h5-7,10-12,18-19,25,28,31-33H,2-4,8-9,13-17H2,1H3. The zero-order valence-corrected chi connectivity index (χ0v) is 21.4. The van der Waals surface area contributed by atoms with E-state index in [1.165, 1.54) is 72.3 Å². The van der Waals surface area contributed by atoms with Crippen LogP contribution >= 0.6 is 11.6 Å². The largest absolute Gasteiger partial charge is 0.378 e. The van der Waals surface area contributed by atoms with E-state index in [-0.39, 0.29) is 6.04 Å². The van der Waals surface area contributed by atoms with E-state index in [0.29, 0.717) is 0 Å². The lowest BCUT2D eigenvalue weighted by atomic mass is 9.89. The molecule has 0 spiro atoms. The van der Waals surface area contributed by atoms with E-state index in [1.807, 2.05) is 18.2 Å². The van der Waals surface area contributed by atoms with Gasteiger partial charge >= 0.3 is 0 Å². The molecule has 6 heteroatoms. The van der Waals surface area contributed by atoms with Crippen LogP contribution in [0, 0.1) is 0 Å². The molecule has 0 amide bonds. The molecule has 0 saturated heterocycles. The fourth-order valence-corrected chi connectivity index (χ4v) is 6.51. The summed E-state index contributed by atoms with van der Waals surface area (Å²) >= 11 is 6.30. The zero-order chi connectivity index (χ0) is 23.8. The Morgan fingerprint density at radius 3 is 2.69 bits per heavy atom. The van der Waals surface area contributed by atoms with Crippen molar-refractivity contribution in [1.82, 2.24) is 20.9 Å². The average Bonchev–Trinajstić information content (AvgIpc) is 3.19. The van der Waals surface area contributed by atoms with Crippen molar-refractivity contribution in [3.8, 4) is 0 Å². The number of hydrogen-bond acceptors (Lipinski definition) is 5. The molecule has 1 saturated carbocycles. The van der Waals surface area contributed by atoms with Crippen LogP contribution in [0.2, 0.25) is 5.02 Å². The molecule has 1 unspecified atom stereocenters. The molecule has 0 aromatic heterocycles. The topological polar surface area (TPSA) is 42.6 Å². The fraction of sp³-hybridized carbons (Fsp3) is 0.448. The van der Waals surface area contributed by atoms with Gasteiger partial charge in [0.15, 0.2) is 0 Å². The number of anilines is 1. The molecule has 2 aromatic rings. The molecule has 1 fully saturated rings. The molecule has 6 rings (SSSR count). The van der Waals surface area contributed by atoms with E-state index in [9.17, 15) is 0 Å². The van der Waals surface area contributed by atoms with Crippen LogP contribution in [0.5, 0.6) is 0 Å². The normalized spacial score (nSPS) is 23.3. The summed E-state index contributed by atoms with van der Waals surface area (Å²) in [7, 11) is 0. The Morgan fingerprint density at radius 1 is 1.00 bits per heavy atom. The number of nitrogens with zero attached hydrogens (tertiary/aromatic N) is 2. The second kappa shape index (κ2) is 9.88. The molecule has 5 nitrogen and oxygen atoms in total. The van der Waals surface area contributed by atoms with Gasteiger partial charge in [0.2, 0.25) is 0 Å². The summed E-state index contributed by atoms with van der Waals surface area (Å²) in [5, 5.41) is 6.80. The Hall–Kier alpha value is -2.47. The van der Waals surface area contributed by atoms with Crippen LogP contribution < -0.4 is 16.3 Å². The molecule has 184 valence electrons. The Labute approximate surface area is 214 Å². The van der Waals surface area contributed by atoms with Gasteiger partial charge in [-0.2, -0.15) is 0 Å². The van der Waals surface area contributed by atoms with E-state index in [1.54, 1.807) is 0 Å². The molecule has 3 heterocycles. The van der Waals surface area contributed by atoms with Crippen molar-refractivity contribution in [3.05, 3.63) is 76.0 Å². The predicted octanol–water partition coefficient (Wildman–Crippen LogP) is 6.33. The highest BCUT2D eigenvalue weighted by Gasteiger charge is 2.31. The Bertz CT molecular complexity index is 1150. The summed E-state index contributed by atoms with van der Waals surface area (Å²) in [6, 6.07) is 16.2. The van der Waals surface area contributed by atoms with Gasteiger partial charge < -0.3 is 10.7 Å². The van der Waals surface area contributed by atoms with Gasteiger partial charge in [-0.25, -0.2) is 0 Å². The van der Waals surface area contributed by atoms with Gasteiger partial charge in [0.25, 0.3) is 0 Å². The van der Waals surface area contributed by atoms with Gasteiger partial charge in [0, 0.05) is 41.9 Å². The third kappa shape index (κ3) is 4.69. The molecule has 1 atom stereocenters. The van der Waals surface area contributed by atoms with E-state index in [2.05, 4.69) is 63.5 Å². The Morgan fingerprint density at radius 2 is 1.89 bits per heavy atom. The van der Waals surface area contributed by atoms with Crippen molar-refractivity contribution in [2.75, 3.05) is 25.0 Å². The van der Waals surface area contributed by atoms with Crippen molar-refractivity contribution in [3.63, 3.8) is 0 Å². The fourth-order valence-electron chi connectivity index (χ4n) is 6.32. The lowest BCUT2D eigenvalue weighted by Gasteiger charge is -2.36. The minimum atomic E-state index is 0.207. The summed E-state index contributed by atoms with van der Waals surface area (Å²) in [6.45, 7) is 5.34. The number of allylic oxidation sites excluding steroid dienone is 1. The lowest BCUT2D eigenvalue weighted by Crippen LogP contribution is -2.39. The first kappa shape index (κ1) is 23.0. The summed E-state index contributed by atoms with van der Waals surface area (Å²) in [6.07, 6.45) is 11.6. The molecule has 4 aliphatic rings. The number of benzene rings is 2. The van der Waals surface area contributed by atoms with Crippen LogP contribution in [0.3, 0.4) is 0 Å². The highest BCUT2D eigenvalue weighted by atomic mass is 35.5. The SMILES string of the molecule is CC1=C2c3ccc(C4=CCN(C5CCCCC5)CC4)cc3C(Nc3cccc(Cl)c3)CCN2NN1. The maximum atomic E-state index is 6.30. The van der Waals surface area contributed by atoms with Gasteiger partial charge in [-0.3, -0.25) is 9.91 Å². The van der Waals surface area contributed by atoms with E-state index < -0.39 is 0 Å². The maximum absolute atomic E-state index is 6.30. The van der Waals surface area contributed by atoms with Crippen molar-refractivity contribution < 1.29 is 0 Å². The molecule has 0 radical (unpaired) electrons. The summed E-state index contributed by atoms with van der Waals surface area (Å²) in [4.78, 5) is 2.72. The highest BCUT2D eigenvalue weighted by Crippen LogP contribution is 2.39. The smallest absolute Gasteiger partial charge is 0.0814 e. The van der Waals surface area contributed by atoms with Crippen LogP contribution in [-0.4, -0.2) is 35.6 Å². The van der Waals surface area contributed by atoms with Gasteiger partial charge in [-0.15, -0.1) is 5.53 Å². The third-order valence-corrected chi connectivity index (χ3v) is 8.43. The number of rotatable bonds is 4. The quantitative estimate of drug-likeness (QED) is 0.468. The second-order valence-corrected chi connectivity index (χ2v) is 10.9. The Kier molecular flexibility index (Phi) is 6.48. The first-order valence-corrected chi connectivity index (χ1v) is 13.6. The molecule has 2 aromatic carbocycles. The first-order chi connectivity index (χ1) is 17.2. The van der Waals surface area contributed by atoms with Crippen molar-refractivity contribution in [1.29, 1.82) is 0 Å². The molecule has 1 aliphatic carbocycles. The number of halogens is 1. The predicted molar refractivity (Wildman–Crippen MR) is 145 cm³/mol. The molecular formula is C29H36ClN5. The lowest BCUT2D eigenvalue weighted by molar-refractivity contribution is 0.171. The minimum absolute atomic E-state index is 0.207. The summed E-state index contributed by atoms with van der Waals surface area (Å²) < 4.78 is 0. The van der Waals surface area contributed by atoms with Gasteiger partial charge in [-0.05, 0) is 73.6 Å². The average molecular weight is 490 g/mol. The Balaban J connectivity index is 1.32. The van der Waals surface area contributed by atoms with Crippen LogP contribution in [0.15, 0.2) is 54.2 Å². The van der Waals surface area contributed by atoms with E-state index in [4.69, 9.17) is 11.6 Å². The molecular weight excluding hydrogens is 454 g/mol. The van der Waals surface area contributed by atoms with E-state index >= 15 is 0 Å². The van der Waals surface area contributed by atoms with Crippen molar-refractivity contribution in [2.24, 2.45) is 0 Å². The van der Waals surface area contributed by atoms with Gasteiger partial charge in [0.05, 0.1) is 17.4 Å². The van der Waals surface area contributed by atoms with Gasteiger partial charge in [-0.1, -0.05) is 55.1 Å². The number of nitrogens with one attached hydrogen (secondary N) is 3. The zero-order valence-electron chi connectivity index (χ0n) is 20.6. The monoisotopic (exact) mass is 489 g/mol. The van der Waals surface area contributed by atoms with Crippen LogP contribution in [-0.2, 0) is 0 Å². The molecule has 0 bridgehead atoms. The van der Waals surface area contributed by atoms with Gasteiger partial charge in [0.1, 0.15) is 0 Å². The van der Waals surface area contributed by atoms with Crippen molar-refractivity contribution >= 4 is 28.6 Å². The highest BCUT2D eigenvalue weighted by molar-refractivity contribution is 6.30. The third-order valence-electron chi connectivity index (χ3n) is 8.19. The van der Waals surface area contributed by atoms with E-state index in [0.717, 1.165) is 42.7 Å². The number of hydrazine groups is 2. The van der Waals surface area contributed by atoms with Crippen molar-refractivity contribution in [2.45, 2.75) is 64.0 Å². The number of fused-ring (bicyclic) bond motifs is 3. The summed E-state index contributed by atoms with van der Waals surface area (Å²) in [5.74, 6) is 0. The molecule has 35 heavy (non-hydrogen) atoms. The summed E-state index contributed by atoms with van der Waals surface area (Å²) in [5.41, 5.74) is 15.7. The minimum Gasteiger partial charge on any atom is -0.378 e. The van der Waals surface area contributed by atoms with Crippen LogP contribution in [0.1, 0.15) is 74.6 Å². The first-order valence-electron chi connectivity index (χ1n) is 13.3. The van der Waals surface area contributed by atoms with Crippen LogP contribution in [0.4, 0.5) is 5.69 Å². The molecule has 3 N–H and O–H groups in total. The van der Waals surface area contributed by atoms with Crippen LogP contribution in [0.25, 0.3) is 11.3 Å². The molecule has 3 aliphatic heterocycles.